The number of hydrogen-bond acceptors (Lipinski definition) is 5. The van der Waals surface area contributed by atoms with Gasteiger partial charge in [-0.05, 0) is 13.0 Å². The predicted octanol–water partition coefficient (Wildman–Crippen LogP) is 0.506. The Hall–Kier alpha value is -1.36. The molecular formula is C8H14N4O. The Bertz CT molecular complexity index is 266. The first-order valence-corrected chi connectivity index (χ1v) is 4.07. The van der Waals surface area contributed by atoms with E-state index in [1.165, 1.54) is 0 Å². The SMILES string of the molecule is COC(C)CNc1nccc(N)n1. The highest BCUT2D eigenvalue weighted by atomic mass is 16.5. The number of aromatic nitrogens is 2. The molecule has 1 unspecified atom stereocenters. The Morgan fingerprint density at radius 3 is 3.08 bits per heavy atom. The van der Waals surface area contributed by atoms with Crippen LogP contribution in [-0.4, -0.2) is 29.7 Å². The summed E-state index contributed by atoms with van der Waals surface area (Å²) in [4.78, 5) is 7.97. The summed E-state index contributed by atoms with van der Waals surface area (Å²) in [7, 11) is 1.66. The first-order chi connectivity index (χ1) is 6.22. The maximum atomic E-state index is 5.48. The predicted molar refractivity (Wildman–Crippen MR) is 51.4 cm³/mol. The zero-order valence-corrected chi connectivity index (χ0v) is 7.82. The van der Waals surface area contributed by atoms with Crippen molar-refractivity contribution >= 4 is 11.8 Å². The van der Waals surface area contributed by atoms with Gasteiger partial charge < -0.3 is 15.8 Å². The summed E-state index contributed by atoms with van der Waals surface area (Å²) in [6.07, 6.45) is 1.74. The molecule has 72 valence electrons. The van der Waals surface area contributed by atoms with Gasteiger partial charge >= 0.3 is 0 Å². The Morgan fingerprint density at radius 2 is 2.46 bits per heavy atom. The molecule has 0 amide bonds. The third-order valence-corrected chi connectivity index (χ3v) is 1.63. The van der Waals surface area contributed by atoms with Gasteiger partial charge in [0, 0.05) is 19.9 Å². The van der Waals surface area contributed by atoms with Crippen LogP contribution in [0.4, 0.5) is 11.8 Å². The number of ether oxygens (including phenoxy) is 1. The standard InChI is InChI=1S/C8H14N4O/c1-6(13-2)5-11-8-10-4-3-7(9)12-8/h3-4,6H,5H2,1-2H3,(H3,9,10,11,12). The van der Waals surface area contributed by atoms with E-state index in [1.54, 1.807) is 19.4 Å². The third-order valence-electron chi connectivity index (χ3n) is 1.63. The third kappa shape index (κ3) is 3.25. The van der Waals surface area contributed by atoms with Crippen molar-refractivity contribution in [1.29, 1.82) is 0 Å². The van der Waals surface area contributed by atoms with Gasteiger partial charge in [-0.25, -0.2) is 4.98 Å². The molecule has 1 heterocycles. The van der Waals surface area contributed by atoms with Crippen LogP contribution in [0.1, 0.15) is 6.92 Å². The van der Waals surface area contributed by atoms with E-state index in [9.17, 15) is 0 Å². The topological polar surface area (TPSA) is 73.1 Å². The second-order valence-corrected chi connectivity index (χ2v) is 2.73. The lowest BCUT2D eigenvalue weighted by Crippen LogP contribution is -2.19. The van der Waals surface area contributed by atoms with Crippen LogP contribution in [-0.2, 0) is 4.74 Å². The molecule has 0 radical (unpaired) electrons. The van der Waals surface area contributed by atoms with Crippen LogP contribution in [0, 0.1) is 0 Å². The molecule has 0 saturated carbocycles. The van der Waals surface area contributed by atoms with E-state index in [-0.39, 0.29) is 6.10 Å². The quantitative estimate of drug-likeness (QED) is 0.709. The molecule has 13 heavy (non-hydrogen) atoms. The summed E-state index contributed by atoms with van der Waals surface area (Å²) in [5, 5.41) is 3.01. The van der Waals surface area contributed by atoms with Gasteiger partial charge in [0.25, 0.3) is 0 Å². The van der Waals surface area contributed by atoms with Crippen LogP contribution < -0.4 is 11.1 Å². The van der Waals surface area contributed by atoms with Crippen LogP contribution in [0.15, 0.2) is 12.3 Å². The maximum Gasteiger partial charge on any atom is 0.224 e. The summed E-state index contributed by atoms with van der Waals surface area (Å²) < 4.78 is 5.05. The van der Waals surface area contributed by atoms with Crippen LogP contribution in [0.3, 0.4) is 0 Å². The van der Waals surface area contributed by atoms with Crippen LogP contribution >= 0.6 is 0 Å². The lowest BCUT2D eigenvalue weighted by molar-refractivity contribution is 0.128. The highest BCUT2D eigenvalue weighted by Crippen LogP contribution is 2.01. The molecule has 0 fully saturated rings. The fourth-order valence-electron chi connectivity index (χ4n) is 0.776. The molecule has 1 rings (SSSR count). The largest absolute Gasteiger partial charge is 0.384 e. The normalized spacial score (nSPS) is 12.5. The van der Waals surface area contributed by atoms with E-state index >= 15 is 0 Å². The van der Waals surface area contributed by atoms with E-state index in [0.29, 0.717) is 18.3 Å². The van der Waals surface area contributed by atoms with Gasteiger partial charge in [0.2, 0.25) is 5.95 Å². The van der Waals surface area contributed by atoms with Crippen molar-refractivity contribution in [3.05, 3.63) is 12.3 Å². The average Bonchev–Trinajstić information content (AvgIpc) is 2.14. The lowest BCUT2D eigenvalue weighted by Gasteiger charge is -2.10. The van der Waals surface area contributed by atoms with Crippen molar-refractivity contribution in [3.8, 4) is 0 Å². The minimum atomic E-state index is 0.130. The minimum absolute atomic E-state index is 0.130. The van der Waals surface area contributed by atoms with Crippen molar-refractivity contribution in [3.63, 3.8) is 0 Å². The molecule has 1 aromatic heterocycles. The molecule has 5 heteroatoms. The second kappa shape index (κ2) is 4.61. The van der Waals surface area contributed by atoms with E-state index in [2.05, 4.69) is 15.3 Å². The molecule has 0 bridgehead atoms. The second-order valence-electron chi connectivity index (χ2n) is 2.73. The molecule has 5 nitrogen and oxygen atoms in total. The zero-order valence-electron chi connectivity index (χ0n) is 7.82. The maximum absolute atomic E-state index is 5.48. The average molecular weight is 182 g/mol. The molecule has 0 saturated heterocycles. The number of nitrogens with one attached hydrogen (secondary N) is 1. The van der Waals surface area contributed by atoms with E-state index in [1.807, 2.05) is 6.92 Å². The molecule has 0 aliphatic rings. The summed E-state index contributed by atoms with van der Waals surface area (Å²) in [5.41, 5.74) is 5.48. The summed E-state index contributed by atoms with van der Waals surface area (Å²) in [6.45, 7) is 2.62. The van der Waals surface area contributed by atoms with Crippen LogP contribution in [0.25, 0.3) is 0 Å². The summed E-state index contributed by atoms with van der Waals surface area (Å²) >= 11 is 0. The van der Waals surface area contributed by atoms with Crippen molar-refractivity contribution in [2.45, 2.75) is 13.0 Å². The van der Waals surface area contributed by atoms with Crippen LogP contribution in [0.5, 0.6) is 0 Å². The van der Waals surface area contributed by atoms with Gasteiger partial charge in [0.05, 0.1) is 6.10 Å². The van der Waals surface area contributed by atoms with Crippen molar-refractivity contribution in [1.82, 2.24) is 9.97 Å². The monoisotopic (exact) mass is 182 g/mol. The van der Waals surface area contributed by atoms with Crippen molar-refractivity contribution in [2.24, 2.45) is 0 Å². The Kier molecular flexibility index (Phi) is 3.45. The molecule has 1 atom stereocenters. The number of nitrogens with two attached hydrogens (primary N) is 1. The lowest BCUT2D eigenvalue weighted by atomic mass is 10.4. The fourth-order valence-corrected chi connectivity index (χ4v) is 0.776. The number of methoxy groups -OCH3 is 1. The van der Waals surface area contributed by atoms with Crippen LogP contribution in [0.2, 0.25) is 0 Å². The number of rotatable bonds is 4. The number of nitrogens with zero attached hydrogens (tertiary/aromatic N) is 2. The highest BCUT2D eigenvalue weighted by Gasteiger charge is 2.00. The number of nitrogen functional groups attached to an aromatic ring is 1. The van der Waals surface area contributed by atoms with E-state index in [4.69, 9.17) is 10.5 Å². The molecule has 0 aromatic carbocycles. The van der Waals surface area contributed by atoms with Gasteiger partial charge in [0.1, 0.15) is 5.82 Å². The Balaban J connectivity index is 2.45. The smallest absolute Gasteiger partial charge is 0.224 e. The molecule has 3 N–H and O–H groups in total. The first-order valence-electron chi connectivity index (χ1n) is 4.07. The molecule has 0 aliphatic carbocycles. The molecular weight excluding hydrogens is 168 g/mol. The first kappa shape index (κ1) is 9.73. The minimum Gasteiger partial charge on any atom is -0.384 e. The van der Waals surface area contributed by atoms with E-state index < -0.39 is 0 Å². The van der Waals surface area contributed by atoms with E-state index in [0.717, 1.165) is 0 Å². The molecule has 1 aromatic rings. The summed E-state index contributed by atoms with van der Waals surface area (Å²) in [6, 6.07) is 1.64. The molecule has 0 spiro atoms. The van der Waals surface area contributed by atoms with Gasteiger partial charge in [-0.2, -0.15) is 4.98 Å². The highest BCUT2D eigenvalue weighted by molar-refractivity contribution is 5.34. The van der Waals surface area contributed by atoms with Crippen molar-refractivity contribution in [2.75, 3.05) is 24.7 Å². The molecule has 0 aliphatic heterocycles. The summed E-state index contributed by atoms with van der Waals surface area (Å²) in [5.74, 6) is 0.992. The Morgan fingerprint density at radius 1 is 1.69 bits per heavy atom. The number of anilines is 2. The fraction of sp³-hybridized carbons (Fsp3) is 0.500. The van der Waals surface area contributed by atoms with Gasteiger partial charge in [-0.3, -0.25) is 0 Å². The van der Waals surface area contributed by atoms with Gasteiger partial charge in [0.15, 0.2) is 0 Å². The van der Waals surface area contributed by atoms with Crippen molar-refractivity contribution < 1.29 is 4.74 Å². The zero-order chi connectivity index (χ0) is 9.68. The number of hydrogen-bond donors (Lipinski definition) is 2. The van der Waals surface area contributed by atoms with Gasteiger partial charge in [-0.1, -0.05) is 0 Å². The Labute approximate surface area is 77.3 Å². The van der Waals surface area contributed by atoms with Gasteiger partial charge in [-0.15, -0.1) is 0 Å².